The van der Waals surface area contributed by atoms with Crippen LogP contribution in [0, 0.1) is 5.82 Å². The third kappa shape index (κ3) is 3.35. The minimum atomic E-state index is -0.274. The quantitative estimate of drug-likeness (QED) is 0.466. The Balaban J connectivity index is 1.35. The average molecular weight is 419 g/mol. The average Bonchev–Trinajstić information content (AvgIpc) is 3.53. The van der Waals surface area contributed by atoms with Gasteiger partial charge in [-0.1, -0.05) is 0 Å². The molecule has 0 saturated carbocycles. The van der Waals surface area contributed by atoms with E-state index in [1.165, 1.54) is 17.7 Å². The summed E-state index contributed by atoms with van der Waals surface area (Å²) in [4.78, 5) is 7.27. The molecule has 2 aliphatic rings. The van der Waals surface area contributed by atoms with Crippen LogP contribution in [0.25, 0.3) is 22.4 Å². The monoisotopic (exact) mass is 419 g/mol. The number of fused-ring (bicyclic) bond motifs is 2. The van der Waals surface area contributed by atoms with Gasteiger partial charge < -0.3 is 18.5 Å². The molecule has 0 spiro atoms. The molecule has 0 aliphatic carbocycles. The summed E-state index contributed by atoms with van der Waals surface area (Å²) in [5, 5.41) is 0. The molecule has 31 heavy (non-hydrogen) atoms. The molecule has 2 aliphatic heterocycles. The van der Waals surface area contributed by atoms with Crippen molar-refractivity contribution in [1.82, 2.24) is 14.5 Å². The highest BCUT2D eigenvalue weighted by atomic mass is 19.1. The van der Waals surface area contributed by atoms with Gasteiger partial charge >= 0.3 is 0 Å². The van der Waals surface area contributed by atoms with Gasteiger partial charge in [-0.05, 0) is 49.2 Å². The highest BCUT2D eigenvalue weighted by Gasteiger charge is 2.26. The molecule has 158 valence electrons. The van der Waals surface area contributed by atoms with Crippen molar-refractivity contribution in [3.63, 3.8) is 0 Å². The zero-order valence-corrected chi connectivity index (χ0v) is 17.0. The smallest absolute Gasteiger partial charge is 0.231 e. The molecule has 0 bridgehead atoms. The van der Waals surface area contributed by atoms with Crippen molar-refractivity contribution in [3.05, 3.63) is 66.4 Å². The summed E-state index contributed by atoms with van der Waals surface area (Å²) in [6.07, 6.45) is 5.52. The van der Waals surface area contributed by atoms with Crippen molar-refractivity contribution in [2.45, 2.75) is 25.4 Å². The number of rotatable bonds is 4. The topological polar surface area (TPSA) is 52.7 Å². The number of furan rings is 1. The van der Waals surface area contributed by atoms with E-state index in [0.717, 1.165) is 60.9 Å². The molecular formula is C24H22FN3O3. The number of halogens is 1. The normalized spacial score (nSPS) is 16.9. The number of piperidine rings is 1. The zero-order chi connectivity index (χ0) is 20.8. The number of nitrogens with zero attached hydrogens (tertiary/aromatic N) is 3. The fourth-order valence-corrected chi connectivity index (χ4v) is 4.66. The number of hydrogen-bond donors (Lipinski definition) is 0. The van der Waals surface area contributed by atoms with Gasteiger partial charge in [-0.25, -0.2) is 9.37 Å². The van der Waals surface area contributed by atoms with Crippen molar-refractivity contribution in [2.24, 2.45) is 0 Å². The summed E-state index contributed by atoms with van der Waals surface area (Å²) < 4.78 is 32.4. The molecule has 0 radical (unpaired) electrons. The van der Waals surface area contributed by atoms with Gasteiger partial charge in [0.2, 0.25) is 6.79 Å². The van der Waals surface area contributed by atoms with Crippen LogP contribution in [-0.2, 0) is 6.54 Å². The number of likely N-dealkylation sites (tertiary alicyclic amines) is 1. The van der Waals surface area contributed by atoms with E-state index < -0.39 is 0 Å². The molecule has 1 fully saturated rings. The third-order valence-electron chi connectivity index (χ3n) is 6.19. The van der Waals surface area contributed by atoms with Gasteiger partial charge in [-0.2, -0.15) is 0 Å². The van der Waals surface area contributed by atoms with Crippen molar-refractivity contribution >= 4 is 11.0 Å². The summed E-state index contributed by atoms with van der Waals surface area (Å²) in [7, 11) is 0. The first-order valence-corrected chi connectivity index (χ1v) is 10.6. The lowest BCUT2D eigenvalue weighted by Crippen LogP contribution is -2.34. The molecule has 1 saturated heterocycles. The van der Waals surface area contributed by atoms with E-state index >= 15 is 0 Å². The number of imidazole rings is 1. The Bertz CT molecular complexity index is 1230. The first-order chi connectivity index (χ1) is 15.2. The lowest BCUT2D eigenvalue weighted by molar-refractivity contribution is 0.174. The first kappa shape index (κ1) is 18.4. The fraction of sp³-hybridized carbons (Fsp3) is 0.292. The Kier molecular flexibility index (Phi) is 4.42. The van der Waals surface area contributed by atoms with E-state index in [1.807, 2.05) is 36.6 Å². The second-order valence-electron chi connectivity index (χ2n) is 8.15. The molecular weight excluding hydrogens is 397 g/mol. The highest BCUT2D eigenvalue weighted by Crippen LogP contribution is 2.39. The van der Waals surface area contributed by atoms with Gasteiger partial charge in [0.1, 0.15) is 11.6 Å². The molecule has 4 aromatic rings. The molecule has 2 aromatic heterocycles. The van der Waals surface area contributed by atoms with Crippen LogP contribution in [0.5, 0.6) is 11.5 Å². The third-order valence-corrected chi connectivity index (χ3v) is 6.19. The molecule has 0 amide bonds. The van der Waals surface area contributed by atoms with Crippen LogP contribution >= 0.6 is 0 Å². The number of benzene rings is 2. The number of aromatic nitrogens is 2. The maximum absolute atomic E-state index is 13.9. The van der Waals surface area contributed by atoms with Crippen molar-refractivity contribution < 1.29 is 18.3 Å². The molecule has 0 atom stereocenters. The predicted molar refractivity (Wildman–Crippen MR) is 114 cm³/mol. The number of hydrogen-bond acceptors (Lipinski definition) is 5. The Morgan fingerprint density at radius 2 is 1.87 bits per heavy atom. The minimum absolute atomic E-state index is 0.232. The van der Waals surface area contributed by atoms with Crippen LogP contribution in [0.4, 0.5) is 4.39 Å². The molecule has 0 N–H and O–H groups in total. The van der Waals surface area contributed by atoms with Crippen molar-refractivity contribution in [3.8, 4) is 22.9 Å². The summed E-state index contributed by atoms with van der Waals surface area (Å²) in [5.74, 6) is 2.03. The van der Waals surface area contributed by atoms with Crippen LogP contribution in [0.3, 0.4) is 0 Å². The maximum Gasteiger partial charge on any atom is 0.231 e. The van der Waals surface area contributed by atoms with Crippen LogP contribution in [0.15, 0.2) is 59.4 Å². The molecule has 7 heteroatoms. The summed E-state index contributed by atoms with van der Waals surface area (Å²) in [6, 6.07) is 13.0. The van der Waals surface area contributed by atoms with Crippen LogP contribution in [0.2, 0.25) is 0 Å². The van der Waals surface area contributed by atoms with Gasteiger partial charge in [0, 0.05) is 42.9 Å². The van der Waals surface area contributed by atoms with E-state index in [2.05, 4.69) is 9.47 Å². The molecule has 6 nitrogen and oxygen atoms in total. The van der Waals surface area contributed by atoms with Gasteiger partial charge in [-0.3, -0.25) is 4.90 Å². The highest BCUT2D eigenvalue weighted by molar-refractivity contribution is 5.81. The second kappa shape index (κ2) is 7.42. The van der Waals surface area contributed by atoms with E-state index in [4.69, 9.17) is 18.9 Å². The molecule has 2 aromatic carbocycles. The van der Waals surface area contributed by atoms with Crippen LogP contribution in [0.1, 0.15) is 24.4 Å². The molecule has 0 unspecified atom stereocenters. The largest absolute Gasteiger partial charge is 0.472 e. The molecule has 4 heterocycles. The van der Waals surface area contributed by atoms with Crippen LogP contribution in [-0.4, -0.2) is 34.3 Å². The summed E-state index contributed by atoms with van der Waals surface area (Å²) in [5.41, 5.74) is 3.78. The first-order valence-electron chi connectivity index (χ1n) is 10.6. The van der Waals surface area contributed by atoms with E-state index in [-0.39, 0.29) is 18.7 Å². The fourth-order valence-electron chi connectivity index (χ4n) is 4.66. The minimum Gasteiger partial charge on any atom is -0.472 e. The van der Waals surface area contributed by atoms with Crippen LogP contribution < -0.4 is 9.47 Å². The Morgan fingerprint density at radius 1 is 1.00 bits per heavy atom. The standard InChI is InChI=1S/C24H22FN3O3/c25-18-2-3-21-20(12-18)26-24(17-1-4-22-23(11-17)31-15-30-22)28(21)19-5-8-27(9-6-19)13-16-7-10-29-14-16/h1-4,7,10-12,14,19H,5-6,8-9,13,15H2. The van der Waals surface area contributed by atoms with Gasteiger partial charge in [0.25, 0.3) is 0 Å². The van der Waals surface area contributed by atoms with Gasteiger partial charge in [0.15, 0.2) is 11.5 Å². The Labute approximate surface area is 178 Å². The van der Waals surface area contributed by atoms with Gasteiger partial charge in [-0.15, -0.1) is 0 Å². The molecule has 6 rings (SSSR count). The van der Waals surface area contributed by atoms with E-state index in [1.54, 1.807) is 6.26 Å². The lowest BCUT2D eigenvalue weighted by Gasteiger charge is -2.33. The van der Waals surface area contributed by atoms with E-state index in [0.29, 0.717) is 5.52 Å². The summed E-state index contributed by atoms with van der Waals surface area (Å²) >= 11 is 0. The Hall–Kier alpha value is -3.32. The maximum atomic E-state index is 13.9. The van der Waals surface area contributed by atoms with Gasteiger partial charge in [0.05, 0.1) is 23.6 Å². The van der Waals surface area contributed by atoms with E-state index in [9.17, 15) is 4.39 Å². The second-order valence-corrected chi connectivity index (χ2v) is 8.15. The predicted octanol–water partition coefficient (Wildman–Crippen LogP) is 5.00. The van der Waals surface area contributed by atoms with Crippen molar-refractivity contribution in [2.75, 3.05) is 19.9 Å². The summed E-state index contributed by atoms with van der Waals surface area (Å²) in [6.45, 7) is 3.10. The SMILES string of the molecule is Fc1ccc2c(c1)nc(-c1ccc3c(c1)OCO3)n2C1CCN(Cc2ccoc2)CC1. The van der Waals surface area contributed by atoms with Crippen molar-refractivity contribution in [1.29, 1.82) is 0 Å². The Morgan fingerprint density at radius 3 is 2.71 bits per heavy atom. The number of ether oxygens (including phenoxy) is 2. The lowest BCUT2D eigenvalue weighted by atomic mass is 10.0. The zero-order valence-electron chi connectivity index (χ0n) is 17.0.